The van der Waals surface area contributed by atoms with Gasteiger partial charge in [0.2, 0.25) is 5.82 Å². The van der Waals surface area contributed by atoms with Crippen molar-refractivity contribution in [2.24, 2.45) is 4.99 Å². The van der Waals surface area contributed by atoms with Crippen LogP contribution in [0.3, 0.4) is 0 Å². The first-order valence-corrected chi connectivity index (χ1v) is 8.59. The number of hydrogen-bond acceptors (Lipinski definition) is 6. The van der Waals surface area contributed by atoms with Gasteiger partial charge >= 0.3 is 0 Å². The molecule has 4 rings (SSSR count). The van der Waals surface area contributed by atoms with Crippen molar-refractivity contribution in [1.29, 1.82) is 0 Å². The van der Waals surface area contributed by atoms with Crippen molar-refractivity contribution in [2.45, 2.75) is 20.0 Å². The molecule has 0 saturated carbocycles. The topological polar surface area (TPSA) is 121 Å². The van der Waals surface area contributed by atoms with Gasteiger partial charge in [-0.2, -0.15) is 0 Å². The van der Waals surface area contributed by atoms with Gasteiger partial charge in [0.15, 0.2) is 23.2 Å². The van der Waals surface area contributed by atoms with Crippen molar-refractivity contribution in [3.63, 3.8) is 0 Å². The van der Waals surface area contributed by atoms with E-state index in [0.29, 0.717) is 36.5 Å². The van der Waals surface area contributed by atoms with Gasteiger partial charge < -0.3 is 15.1 Å². The van der Waals surface area contributed by atoms with E-state index in [4.69, 9.17) is 4.42 Å². The Morgan fingerprint density at radius 3 is 3.04 bits per heavy atom. The van der Waals surface area contributed by atoms with Gasteiger partial charge in [0, 0.05) is 12.7 Å². The Hall–Kier alpha value is -3.69. The Kier molecular flexibility index (Phi) is 4.77. The van der Waals surface area contributed by atoms with Crippen LogP contribution < -0.4 is 10.6 Å². The Morgan fingerprint density at radius 2 is 2.19 bits per heavy atom. The number of hydrogen-bond donors (Lipinski definition) is 3. The van der Waals surface area contributed by atoms with Crippen molar-refractivity contribution in [1.82, 2.24) is 40.4 Å². The van der Waals surface area contributed by atoms with E-state index >= 15 is 0 Å². The summed E-state index contributed by atoms with van der Waals surface area (Å²) in [7, 11) is 0. The van der Waals surface area contributed by atoms with Crippen molar-refractivity contribution >= 4 is 11.6 Å². The lowest BCUT2D eigenvalue weighted by molar-refractivity contribution is 0.577. The van der Waals surface area contributed by atoms with Crippen molar-refractivity contribution in [3.8, 4) is 11.6 Å². The van der Waals surface area contributed by atoms with Crippen molar-refractivity contribution in [3.05, 3.63) is 54.4 Å². The first kappa shape index (κ1) is 16.8. The first-order valence-electron chi connectivity index (χ1n) is 8.59. The minimum absolute atomic E-state index is 0.351. The molecule has 0 amide bonds. The van der Waals surface area contributed by atoms with Gasteiger partial charge in [-0.1, -0.05) is 6.07 Å². The summed E-state index contributed by atoms with van der Waals surface area (Å²) in [6.07, 6.45) is 3.52. The third kappa shape index (κ3) is 3.78. The Bertz CT molecular complexity index is 1030. The van der Waals surface area contributed by atoms with Crippen LogP contribution in [-0.2, 0) is 13.1 Å². The molecule has 0 aliphatic rings. The number of rotatable bonds is 6. The molecule has 27 heavy (non-hydrogen) atoms. The minimum atomic E-state index is 0.351. The van der Waals surface area contributed by atoms with E-state index in [-0.39, 0.29) is 0 Å². The summed E-state index contributed by atoms with van der Waals surface area (Å²) in [6.45, 7) is 3.59. The highest BCUT2D eigenvalue weighted by Gasteiger charge is 2.09. The van der Waals surface area contributed by atoms with Crippen LogP contribution in [-0.4, -0.2) is 42.3 Å². The fraction of sp³-hybridized carbons (Fsp3) is 0.235. The van der Waals surface area contributed by atoms with Crippen LogP contribution in [0.25, 0.3) is 17.2 Å². The van der Waals surface area contributed by atoms with Gasteiger partial charge in [-0.25, -0.2) is 9.98 Å². The zero-order chi connectivity index (χ0) is 18.5. The molecule has 10 heteroatoms. The molecule has 0 fully saturated rings. The summed E-state index contributed by atoms with van der Waals surface area (Å²) < 4.78 is 7.22. The van der Waals surface area contributed by atoms with E-state index in [1.807, 2.05) is 41.8 Å². The van der Waals surface area contributed by atoms with E-state index in [1.165, 1.54) is 0 Å². The third-order valence-electron chi connectivity index (χ3n) is 3.80. The predicted octanol–water partition coefficient (Wildman–Crippen LogP) is 1.36. The summed E-state index contributed by atoms with van der Waals surface area (Å²) in [5, 5.41) is 21.8. The number of H-pyrrole nitrogens is 1. The number of aliphatic imine (C=N–C) groups is 1. The van der Waals surface area contributed by atoms with Crippen LogP contribution in [0.4, 0.5) is 0 Å². The zero-order valence-electron chi connectivity index (χ0n) is 14.8. The number of furan rings is 1. The zero-order valence-corrected chi connectivity index (χ0v) is 14.8. The van der Waals surface area contributed by atoms with Gasteiger partial charge in [-0.05, 0) is 31.2 Å². The molecule has 0 atom stereocenters. The SMILES string of the molecule is CCNC(=NCc1nc(-c2ccco2)n[nH]1)NCc1nnc2ccccn12. The quantitative estimate of drug-likeness (QED) is 0.348. The molecular weight excluding hydrogens is 346 g/mol. The van der Waals surface area contributed by atoms with Crippen LogP contribution >= 0.6 is 0 Å². The summed E-state index contributed by atoms with van der Waals surface area (Å²) >= 11 is 0. The molecule has 0 bridgehead atoms. The van der Waals surface area contributed by atoms with E-state index < -0.39 is 0 Å². The molecule has 0 radical (unpaired) electrons. The molecule has 0 aliphatic carbocycles. The Balaban J connectivity index is 1.42. The predicted molar refractivity (Wildman–Crippen MR) is 98.7 cm³/mol. The fourth-order valence-corrected chi connectivity index (χ4v) is 2.55. The average Bonchev–Trinajstić information content (AvgIpc) is 3.44. The molecule has 0 unspecified atom stereocenters. The minimum Gasteiger partial charge on any atom is -0.461 e. The molecule has 0 spiro atoms. The van der Waals surface area contributed by atoms with Crippen molar-refractivity contribution < 1.29 is 4.42 Å². The number of nitrogens with one attached hydrogen (secondary N) is 3. The fourth-order valence-electron chi connectivity index (χ4n) is 2.55. The number of aromatic amines is 1. The van der Waals surface area contributed by atoms with E-state index in [9.17, 15) is 0 Å². The van der Waals surface area contributed by atoms with Crippen LogP contribution in [0.15, 0.2) is 52.2 Å². The van der Waals surface area contributed by atoms with Gasteiger partial charge in [-0.3, -0.25) is 9.50 Å². The molecule has 3 N–H and O–H groups in total. The maximum Gasteiger partial charge on any atom is 0.216 e. The second kappa shape index (κ2) is 7.68. The van der Waals surface area contributed by atoms with Crippen LogP contribution in [0.2, 0.25) is 0 Å². The molecule has 0 saturated heterocycles. The largest absolute Gasteiger partial charge is 0.461 e. The van der Waals surface area contributed by atoms with E-state index in [1.54, 1.807) is 12.3 Å². The molecule has 10 nitrogen and oxygen atoms in total. The summed E-state index contributed by atoms with van der Waals surface area (Å²) in [5.74, 6) is 3.23. The van der Waals surface area contributed by atoms with Crippen LogP contribution in [0, 0.1) is 0 Å². The summed E-state index contributed by atoms with van der Waals surface area (Å²) in [4.78, 5) is 8.92. The highest BCUT2D eigenvalue weighted by molar-refractivity contribution is 5.79. The average molecular weight is 365 g/mol. The molecule has 0 aliphatic heterocycles. The smallest absolute Gasteiger partial charge is 0.216 e. The van der Waals surface area contributed by atoms with Gasteiger partial charge in [0.25, 0.3) is 0 Å². The number of aromatic nitrogens is 6. The summed E-state index contributed by atoms with van der Waals surface area (Å²) in [5.41, 5.74) is 0.809. The number of guanidine groups is 1. The lowest BCUT2D eigenvalue weighted by atomic mass is 10.4. The van der Waals surface area contributed by atoms with Gasteiger partial charge in [0.1, 0.15) is 12.4 Å². The van der Waals surface area contributed by atoms with E-state index in [0.717, 1.165) is 18.0 Å². The van der Waals surface area contributed by atoms with Gasteiger partial charge in [0.05, 0.1) is 12.8 Å². The summed E-state index contributed by atoms with van der Waals surface area (Å²) in [6, 6.07) is 9.40. The maximum absolute atomic E-state index is 5.29. The van der Waals surface area contributed by atoms with Crippen molar-refractivity contribution in [2.75, 3.05) is 6.54 Å². The Labute approximate surface area is 154 Å². The standard InChI is InChI=1S/C17H19N9O/c1-2-18-17(20-11-15-24-23-14-7-3-4-8-26(14)15)19-10-13-21-16(25-22-13)12-6-5-9-27-12/h3-9H,2,10-11H2,1H3,(H2,18,19,20)(H,21,22,25). The lowest BCUT2D eigenvalue weighted by Crippen LogP contribution is -2.37. The van der Waals surface area contributed by atoms with Crippen LogP contribution in [0.1, 0.15) is 18.6 Å². The normalized spacial score (nSPS) is 11.8. The lowest BCUT2D eigenvalue weighted by Gasteiger charge is -2.10. The van der Waals surface area contributed by atoms with Crippen LogP contribution in [0.5, 0.6) is 0 Å². The molecule has 0 aromatic carbocycles. The highest BCUT2D eigenvalue weighted by Crippen LogP contribution is 2.14. The number of pyridine rings is 1. The number of fused-ring (bicyclic) bond motifs is 1. The Morgan fingerprint density at radius 1 is 1.22 bits per heavy atom. The maximum atomic E-state index is 5.29. The highest BCUT2D eigenvalue weighted by atomic mass is 16.3. The molecule has 4 aromatic heterocycles. The second-order valence-corrected chi connectivity index (χ2v) is 5.68. The molecule has 4 aromatic rings. The molecule has 138 valence electrons. The first-order chi connectivity index (χ1) is 13.3. The number of nitrogens with zero attached hydrogens (tertiary/aromatic N) is 6. The van der Waals surface area contributed by atoms with Gasteiger partial charge in [-0.15, -0.1) is 15.3 Å². The van der Waals surface area contributed by atoms with E-state index in [2.05, 4.69) is 41.0 Å². The third-order valence-corrected chi connectivity index (χ3v) is 3.80. The monoisotopic (exact) mass is 365 g/mol. The molecule has 4 heterocycles. The molecular formula is C17H19N9O. The second-order valence-electron chi connectivity index (χ2n) is 5.68.